The van der Waals surface area contributed by atoms with E-state index in [4.69, 9.17) is 5.73 Å². The van der Waals surface area contributed by atoms with E-state index in [9.17, 15) is 0 Å². The third-order valence-electron chi connectivity index (χ3n) is 1.81. The van der Waals surface area contributed by atoms with Gasteiger partial charge in [-0.25, -0.2) is 12.2 Å². The zero-order chi connectivity index (χ0) is 13.1. The summed E-state index contributed by atoms with van der Waals surface area (Å²) in [6, 6.07) is 5.78. The molecule has 5 heteroatoms. The van der Waals surface area contributed by atoms with Gasteiger partial charge in [-0.05, 0) is 13.8 Å². The summed E-state index contributed by atoms with van der Waals surface area (Å²) in [6.07, 6.45) is 10.0. The Balaban J connectivity index is -0.000000102. The van der Waals surface area contributed by atoms with Crippen LogP contribution in [0.5, 0.6) is 0 Å². The van der Waals surface area contributed by atoms with Crippen molar-refractivity contribution in [1.29, 1.82) is 0 Å². The summed E-state index contributed by atoms with van der Waals surface area (Å²) in [6.45, 7) is 8.43. The van der Waals surface area contributed by atoms with Gasteiger partial charge in [-0.2, -0.15) is 6.08 Å². The first-order chi connectivity index (χ1) is 8.10. The molecule has 1 aliphatic carbocycles. The molecular weight excluding hydrogens is 384 g/mol. The van der Waals surface area contributed by atoms with Crippen molar-refractivity contribution < 1.29 is 26.2 Å². The molecule has 0 saturated heterocycles. The molecule has 1 nitrogen and oxygen atoms in total. The average molecular weight is 409 g/mol. The molecule has 1 aromatic rings. The predicted octanol–water partition coefficient (Wildman–Crippen LogP) is 5.65. The fourth-order valence-corrected chi connectivity index (χ4v) is 1.31. The van der Waals surface area contributed by atoms with E-state index in [1.165, 1.54) is 11.1 Å². The smallest absolute Gasteiger partial charge is 0.699 e. The van der Waals surface area contributed by atoms with Crippen LogP contribution in [-0.2, 0) is 26.2 Å². The van der Waals surface area contributed by atoms with E-state index in [0.29, 0.717) is 5.69 Å². The van der Waals surface area contributed by atoms with E-state index in [1.54, 1.807) is 0 Å². The van der Waals surface area contributed by atoms with E-state index in [1.807, 2.05) is 38.1 Å². The molecule has 1 radical (unpaired) electrons. The van der Waals surface area contributed by atoms with Crippen molar-refractivity contribution in [3.05, 3.63) is 59.4 Å². The van der Waals surface area contributed by atoms with Crippen LogP contribution in [0.4, 0.5) is 5.69 Å². The minimum atomic E-state index is 0. The molecule has 0 amide bonds. The summed E-state index contributed by atoms with van der Waals surface area (Å²) in [5.41, 5.74) is 10.2. The number of hydrogen-bond donors (Lipinski definition) is 0. The van der Waals surface area contributed by atoms with Gasteiger partial charge in [-0.15, -0.1) is 36.9 Å². The van der Waals surface area contributed by atoms with Crippen LogP contribution in [0.25, 0.3) is 5.73 Å². The van der Waals surface area contributed by atoms with Crippen LogP contribution < -0.4 is 0 Å². The van der Waals surface area contributed by atoms with Crippen LogP contribution in [0.1, 0.15) is 17.5 Å². The first kappa shape index (κ1) is 28.4. The van der Waals surface area contributed by atoms with E-state index in [-0.39, 0.29) is 51.0 Å². The Morgan fingerprint density at radius 3 is 1.70 bits per heavy atom. The fraction of sp³-hybridized carbons (Fsp3) is 0.333. The summed E-state index contributed by atoms with van der Waals surface area (Å²) in [4.78, 5) is 0. The molecule has 0 heterocycles. The fourth-order valence-electron chi connectivity index (χ4n) is 1.31. The molecule has 1 N–H and O–H groups in total. The zero-order valence-corrected chi connectivity index (χ0v) is 17.8. The van der Waals surface area contributed by atoms with Crippen molar-refractivity contribution >= 4 is 40.0 Å². The Labute approximate surface area is 158 Å². The van der Waals surface area contributed by atoms with Gasteiger partial charge in [0.15, 0.2) is 0 Å². The molecule has 0 saturated carbocycles. The van der Waals surface area contributed by atoms with E-state index in [2.05, 4.69) is 31.3 Å². The van der Waals surface area contributed by atoms with Crippen LogP contribution in [0.3, 0.4) is 0 Å². The predicted molar refractivity (Wildman–Crippen MR) is 94.8 cm³/mol. The Kier molecular flexibility index (Phi) is 27.2. The van der Waals surface area contributed by atoms with Crippen LogP contribution in [-0.4, -0.2) is 9.52 Å². The molecular formula is C15H24Cl2NSiZr. The third-order valence-corrected chi connectivity index (χ3v) is 1.81. The molecule has 0 bridgehead atoms. The molecule has 0 spiro atoms. The molecule has 1 aromatic carbocycles. The van der Waals surface area contributed by atoms with Crippen molar-refractivity contribution in [3.63, 3.8) is 0 Å². The summed E-state index contributed by atoms with van der Waals surface area (Å²) < 4.78 is 0. The van der Waals surface area contributed by atoms with Crippen molar-refractivity contribution in [3.8, 4) is 0 Å². The van der Waals surface area contributed by atoms with E-state index in [0.717, 1.165) is 15.9 Å². The Morgan fingerprint density at radius 2 is 1.50 bits per heavy atom. The van der Waals surface area contributed by atoms with Crippen molar-refractivity contribution in [1.82, 2.24) is 0 Å². The van der Waals surface area contributed by atoms with Crippen LogP contribution in [0, 0.1) is 19.9 Å². The number of rotatable bonds is 0. The Morgan fingerprint density at radius 1 is 1.05 bits per heavy atom. The van der Waals surface area contributed by atoms with Gasteiger partial charge in [0.25, 0.3) is 0 Å². The van der Waals surface area contributed by atoms with Crippen LogP contribution in [0.15, 0.2) is 36.4 Å². The van der Waals surface area contributed by atoms with Gasteiger partial charge in [0, 0.05) is 9.52 Å². The third kappa shape index (κ3) is 18.2. The van der Waals surface area contributed by atoms with Gasteiger partial charge < -0.3 is 5.73 Å². The van der Waals surface area contributed by atoms with Gasteiger partial charge in [-0.1, -0.05) is 42.4 Å². The second-order valence-electron chi connectivity index (χ2n) is 3.96. The average Bonchev–Trinajstić information content (AvgIpc) is 2.73. The zero-order valence-electron chi connectivity index (χ0n) is 12.6. The summed E-state index contributed by atoms with van der Waals surface area (Å²) in [5, 5.41) is 0. The second-order valence-corrected chi connectivity index (χ2v) is 5.11. The standard InChI is InChI=1S/C8H10N.C5H5.C2H7Si.2ClH.Zr/c1-6-3-7(2)5-8(9)4-6;1-2-4-5-3-1;1-3-2;;;/h3-5,9H,1-2H3;1-3H,4H2;3H,1-2H3;2*1H;/q2*-1;;;;+2. The number of allylic oxidation sites excluding steroid dienone is 4. The number of aryl methyl sites for hydroxylation is 2. The van der Waals surface area contributed by atoms with Gasteiger partial charge in [0.1, 0.15) is 0 Å². The molecule has 0 aliphatic heterocycles. The Bertz CT molecular complexity index is 322. The summed E-state index contributed by atoms with van der Waals surface area (Å²) in [5.74, 6) is 0. The molecule has 0 aromatic heterocycles. The second kappa shape index (κ2) is 19.2. The van der Waals surface area contributed by atoms with Crippen molar-refractivity contribution in [2.75, 3.05) is 0 Å². The minimum absolute atomic E-state index is 0. The minimum Gasteiger partial charge on any atom is -0.699 e. The normalized spacial score (nSPS) is 9.60. The summed E-state index contributed by atoms with van der Waals surface area (Å²) >= 11 is 0. The Hall–Kier alpha value is 0.180. The van der Waals surface area contributed by atoms with Crippen LogP contribution >= 0.6 is 24.8 Å². The van der Waals surface area contributed by atoms with Crippen molar-refractivity contribution in [2.24, 2.45) is 0 Å². The number of hydrogen-bond acceptors (Lipinski definition) is 0. The molecule has 1 aliphatic rings. The van der Waals surface area contributed by atoms with E-state index >= 15 is 0 Å². The van der Waals surface area contributed by atoms with Gasteiger partial charge in [-0.3, -0.25) is 6.08 Å². The molecule has 0 atom stereocenters. The first-order valence-electron chi connectivity index (χ1n) is 5.85. The largest absolute Gasteiger partial charge is 2.00 e. The van der Waals surface area contributed by atoms with Crippen molar-refractivity contribution in [2.45, 2.75) is 33.4 Å². The summed E-state index contributed by atoms with van der Waals surface area (Å²) in [7, 11) is 0.750. The SMILES string of the molecule is C[SiH]C.Cc1cc(C)cc([NH-])c1.Cl.Cl.[C-]1=CC=CC1.[Zr+2]. The maximum Gasteiger partial charge on any atom is 2.00 e. The van der Waals surface area contributed by atoms with Crippen LogP contribution in [0.2, 0.25) is 13.1 Å². The quantitative estimate of drug-likeness (QED) is 0.391. The van der Waals surface area contributed by atoms with E-state index < -0.39 is 0 Å². The van der Waals surface area contributed by atoms with Gasteiger partial charge >= 0.3 is 26.2 Å². The monoisotopic (exact) mass is 406 g/mol. The topological polar surface area (TPSA) is 23.8 Å². The number of halogens is 2. The molecule has 2 rings (SSSR count). The first-order valence-corrected chi connectivity index (χ1v) is 8.16. The molecule has 111 valence electrons. The molecule has 20 heavy (non-hydrogen) atoms. The maximum absolute atomic E-state index is 7.28. The molecule has 0 unspecified atom stereocenters. The maximum atomic E-state index is 7.28. The van der Waals surface area contributed by atoms with Gasteiger partial charge in [0.2, 0.25) is 0 Å². The molecule has 0 fully saturated rings. The number of benzene rings is 1. The van der Waals surface area contributed by atoms with Gasteiger partial charge in [0.05, 0.1) is 0 Å². The number of nitrogens with one attached hydrogen (secondary N) is 1.